The summed E-state index contributed by atoms with van der Waals surface area (Å²) >= 11 is 0. The summed E-state index contributed by atoms with van der Waals surface area (Å²) in [6.07, 6.45) is 0.700. The van der Waals surface area contributed by atoms with Gasteiger partial charge in [0.15, 0.2) is 0 Å². The van der Waals surface area contributed by atoms with E-state index in [0.717, 1.165) is 5.75 Å². The molecule has 0 saturated heterocycles. The molecule has 0 heterocycles. The number of nitro groups is 1. The number of anilines is 1. The fourth-order valence-corrected chi connectivity index (χ4v) is 1.71. The molecule has 0 unspecified atom stereocenters. The number of nitrogens with two attached hydrogens (primary N) is 1. The first-order valence-electron chi connectivity index (χ1n) is 6.51. The van der Waals surface area contributed by atoms with E-state index in [2.05, 4.69) is 0 Å². The third kappa shape index (κ3) is 4.68. The highest BCUT2D eigenvalue weighted by Crippen LogP contribution is 2.18. The summed E-state index contributed by atoms with van der Waals surface area (Å²) in [4.78, 5) is 10.1. The van der Waals surface area contributed by atoms with Crippen molar-refractivity contribution in [2.45, 2.75) is 6.42 Å². The van der Waals surface area contributed by atoms with Crippen LogP contribution in [0.3, 0.4) is 0 Å². The topological polar surface area (TPSA) is 87.6 Å². The van der Waals surface area contributed by atoms with Crippen molar-refractivity contribution in [3.05, 3.63) is 58.6 Å². The van der Waals surface area contributed by atoms with Gasteiger partial charge in [-0.1, -0.05) is 6.07 Å². The van der Waals surface area contributed by atoms with Gasteiger partial charge in [0.2, 0.25) is 0 Å². The molecule has 2 N–H and O–H groups in total. The molecule has 0 radical (unpaired) electrons. The van der Waals surface area contributed by atoms with Gasteiger partial charge in [-0.05, 0) is 24.3 Å². The minimum atomic E-state index is -0.441. The van der Waals surface area contributed by atoms with Gasteiger partial charge < -0.3 is 15.2 Å². The number of non-ortho nitro benzene ring substituents is 1. The number of nitro benzene ring substituents is 1. The summed E-state index contributed by atoms with van der Waals surface area (Å²) in [5.41, 5.74) is 6.36. The van der Waals surface area contributed by atoms with Crippen molar-refractivity contribution in [3.63, 3.8) is 0 Å². The van der Waals surface area contributed by atoms with Crippen LogP contribution in [0.15, 0.2) is 48.5 Å². The maximum atomic E-state index is 10.5. The van der Waals surface area contributed by atoms with E-state index >= 15 is 0 Å². The summed E-state index contributed by atoms with van der Waals surface area (Å²) in [7, 11) is 0. The van der Waals surface area contributed by atoms with Crippen LogP contribution in [0.5, 0.6) is 11.5 Å². The van der Waals surface area contributed by atoms with Gasteiger partial charge in [0.25, 0.3) is 5.69 Å². The van der Waals surface area contributed by atoms with Crippen molar-refractivity contribution in [1.82, 2.24) is 0 Å². The minimum Gasteiger partial charge on any atom is -0.493 e. The molecule has 0 saturated carbocycles. The normalized spacial score (nSPS) is 10.1. The second kappa shape index (κ2) is 7.14. The molecule has 0 aliphatic heterocycles. The predicted octanol–water partition coefficient (Wildman–Crippen LogP) is 3.02. The standard InChI is InChI=1S/C15H16N2O4/c16-12-3-1-4-15(11-12)21-10-2-9-20-14-7-5-13(6-8-14)17(18)19/h1,3-8,11H,2,9-10,16H2. The Bertz CT molecular complexity index is 599. The highest BCUT2D eigenvalue weighted by Gasteiger charge is 2.04. The van der Waals surface area contributed by atoms with Gasteiger partial charge in [0.05, 0.1) is 18.1 Å². The monoisotopic (exact) mass is 288 g/mol. The van der Waals surface area contributed by atoms with Crippen molar-refractivity contribution >= 4 is 11.4 Å². The largest absolute Gasteiger partial charge is 0.493 e. The van der Waals surface area contributed by atoms with E-state index in [1.165, 1.54) is 12.1 Å². The lowest BCUT2D eigenvalue weighted by Gasteiger charge is -2.08. The number of hydrogen-bond donors (Lipinski definition) is 1. The van der Waals surface area contributed by atoms with Crippen LogP contribution in [0.25, 0.3) is 0 Å². The number of hydrogen-bond acceptors (Lipinski definition) is 5. The molecule has 2 aromatic carbocycles. The molecule has 0 fully saturated rings. The SMILES string of the molecule is Nc1cccc(OCCCOc2ccc([N+](=O)[O-])cc2)c1. The van der Waals surface area contributed by atoms with E-state index < -0.39 is 4.92 Å². The zero-order chi connectivity index (χ0) is 15.1. The Balaban J connectivity index is 1.69. The van der Waals surface area contributed by atoms with E-state index in [4.69, 9.17) is 15.2 Å². The quantitative estimate of drug-likeness (QED) is 0.366. The van der Waals surface area contributed by atoms with Crippen LogP contribution < -0.4 is 15.2 Å². The Labute approximate surface area is 122 Å². The second-order valence-electron chi connectivity index (χ2n) is 4.37. The lowest BCUT2D eigenvalue weighted by Crippen LogP contribution is -2.05. The van der Waals surface area contributed by atoms with Gasteiger partial charge in [-0.2, -0.15) is 0 Å². The van der Waals surface area contributed by atoms with Crippen LogP contribution in [0.2, 0.25) is 0 Å². The molecule has 0 atom stereocenters. The highest BCUT2D eigenvalue weighted by atomic mass is 16.6. The van der Waals surface area contributed by atoms with Crippen LogP contribution >= 0.6 is 0 Å². The maximum Gasteiger partial charge on any atom is 0.269 e. The van der Waals surface area contributed by atoms with E-state index in [1.54, 1.807) is 24.3 Å². The zero-order valence-electron chi connectivity index (χ0n) is 11.4. The third-order valence-electron chi connectivity index (χ3n) is 2.73. The molecular weight excluding hydrogens is 272 g/mol. The number of rotatable bonds is 7. The molecule has 2 aromatic rings. The average molecular weight is 288 g/mol. The highest BCUT2D eigenvalue weighted by molar-refractivity contribution is 5.43. The maximum absolute atomic E-state index is 10.5. The minimum absolute atomic E-state index is 0.0485. The molecular formula is C15H16N2O4. The van der Waals surface area contributed by atoms with Gasteiger partial charge in [-0.15, -0.1) is 0 Å². The van der Waals surface area contributed by atoms with Gasteiger partial charge in [-0.25, -0.2) is 0 Å². The fraction of sp³-hybridized carbons (Fsp3) is 0.200. The molecule has 6 heteroatoms. The number of ether oxygens (including phenoxy) is 2. The smallest absolute Gasteiger partial charge is 0.269 e. The molecule has 0 bridgehead atoms. The molecule has 2 rings (SSSR count). The Kier molecular flexibility index (Phi) is 4.98. The Morgan fingerprint density at radius 1 is 1.00 bits per heavy atom. The molecule has 110 valence electrons. The van der Waals surface area contributed by atoms with Crippen LogP contribution in [0, 0.1) is 10.1 Å². The molecule has 0 aliphatic rings. The molecule has 0 spiro atoms. The Hall–Kier alpha value is -2.76. The van der Waals surface area contributed by atoms with E-state index in [9.17, 15) is 10.1 Å². The van der Waals surface area contributed by atoms with Crippen LogP contribution in [-0.4, -0.2) is 18.1 Å². The van der Waals surface area contributed by atoms with E-state index in [-0.39, 0.29) is 5.69 Å². The zero-order valence-corrected chi connectivity index (χ0v) is 11.4. The molecule has 0 amide bonds. The van der Waals surface area contributed by atoms with Crippen LogP contribution in [0.4, 0.5) is 11.4 Å². The van der Waals surface area contributed by atoms with Gasteiger partial charge >= 0.3 is 0 Å². The van der Waals surface area contributed by atoms with E-state index in [0.29, 0.717) is 31.1 Å². The first-order chi connectivity index (χ1) is 10.1. The summed E-state index contributed by atoms with van der Waals surface area (Å²) in [6, 6.07) is 13.2. The van der Waals surface area contributed by atoms with Crippen LogP contribution in [0.1, 0.15) is 6.42 Å². The van der Waals surface area contributed by atoms with Crippen molar-refractivity contribution in [3.8, 4) is 11.5 Å². The lowest BCUT2D eigenvalue weighted by atomic mass is 10.3. The summed E-state index contributed by atoms with van der Waals surface area (Å²) in [5.74, 6) is 1.33. The van der Waals surface area contributed by atoms with Gasteiger partial charge in [0, 0.05) is 30.3 Å². The number of benzene rings is 2. The molecule has 0 aromatic heterocycles. The average Bonchev–Trinajstić information content (AvgIpc) is 2.47. The van der Waals surface area contributed by atoms with E-state index in [1.807, 2.05) is 12.1 Å². The van der Waals surface area contributed by atoms with Gasteiger partial charge in [-0.3, -0.25) is 10.1 Å². The van der Waals surface area contributed by atoms with Crippen molar-refractivity contribution < 1.29 is 14.4 Å². The number of nitrogens with zero attached hydrogens (tertiary/aromatic N) is 1. The summed E-state index contributed by atoms with van der Waals surface area (Å²) < 4.78 is 11.0. The fourth-order valence-electron chi connectivity index (χ4n) is 1.71. The lowest BCUT2D eigenvalue weighted by molar-refractivity contribution is -0.384. The molecule has 6 nitrogen and oxygen atoms in total. The predicted molar refractivity (Wildman–Crippen MR) is 79.6 cm³/mol. The first kappa shape index (κ1) is 14.6. The molecule has 0 aliphatic carbocycles. The van der Waals surface area contributed by atoms with Gasteiger partial charge in [0.1, 0.15) is 11.5 Å². The van der Waals surface area contributed by atoms with Crippen molar-refractivity contribution in [2.24, 2.45) is 0 Å². The summed E-state index contributed by atoms with van der Waals surface area (Å²) in [6.45, 7) is 0.983. The van der Waals surface area contributed by atoms with Crippen molar-refractivity contribution in [2.75, 3.05) is 18.9 Å². The number of nitrogen functional groups attached to an aromatic ring is 1. The Morgan fingerprint density at radius 2 is 1.67 bits per heavy atom. The third-order valence-corrected chi connectivity index (χ3v) is 2.73. The van der Waals surface area contributed by atoms with Crippen LogP contribution in [-0.2, 0) is 0 Å². The van der Waals surface area contributed by atoms with Crippen molar-refractivity contribution in [1.29, 1.82) is 0 Å². The summed E-state index contributed by atoms with van der Waals surface area (Å²) in [5, 5.41) is 10.5. The molecule has 21 heavy (non-hydrogen) atoms. The second-order valence-corrected chi connectivity index (χ2v) is 4.37. The first-order valence-corrected chi connectivity index (χ1v) is 6.51. The Morgan fingerprint density at radius 3 is 2.29 bits per heavy atom.